The molecule has 2 aromatic heterocycles. The number of aliphatic hydroxyl groups is 3. The fourth-order valence-electron chi connectivity index (χ4n) is 3.07. The molecule has 0 aliphatic carbocycles. The van der Waals surface area contributed by atoms with Crippen molar-refractivity contribution in [3.8, 4) is 0 Å². The number of anilines is 1. The Morgan fingerprint density at radius 2 is 1.97 bits per heavy atom. The van der Waals surface area contributed by atoms with Crippen molar-refractivity contribution in [2.24, 2.45) is 0 Å². The Morgan fingerprint density at radius 1 is 1.27 bits per heavy atom. The van der Waals surface area contributed by atoms with Crippen molar-refractivity contribution < 1.29 is 53.6 Å². The highest BCUT2D eigenvalue weighted by atomic mass is 31.2. The van der Waals surface area contributed by atoms with Gasteiger partial charge in [0.25, 0.3) is 0 Å². The molecular formula is C15H21N6O11P. The maximum absolute atomic E-state index is 12.2. The minimum Gasteiger partial charge on any atom is -0.480 e. The van der Waals surface area contributed by atoms with Crippen LogP contribution in [0.1, 0.15) is 13.2 Å². The van der Waals surface area contributed by atoms with Gasteiger partial charge in [-0.2, -0.15) is 0 Å². The average Bonchev–Trinajstić information content (AvgIpc) is 3.26. The number of phosphoric acid groups is 1. The maximum atomic E-state index is 12.2. The number of rotatable bonds is 8. The van der Waals surface area contributed by atoms with Crippen molar-refractivity contribution >= 4 is 36.8 Å². The number of amides is 2. The number of aliphatic hydroxyl groups excluding tert-OH is 3. The Kier molecular flexibility index (Phi) is 7.25. The van der Waals surface area contributed by atoms with Crippen LogP contribution in [-0.4, -0.2) is 98.8 Å². The van der Waals surface area contributed by atoms with Gasteiger partial charge in [-0.1, -0.05) is 0 Å². The number of hydrogen-bond donors (Lipinski definition) is 8. The largest absolute Gasteiger partial charge is 0.480 e. The van der Waals surface area contributed by atoms with Gasteiger partial charge >= 0.3 is 19.8 Å². The quantitative estimate of drug-likeness (QED) is 0.177. The molecule has 0 bridgehead atoms. The highest BCUT2D eigenvalue weighted by Gasteiger charge is 2.45. The number of carbonyl (C=O) groups excluding carboxylic acids is 1. The predicted octanol–water partition coefficient (Wildman–Crippen LogP) is -2.49. The van der Waals surface area contributed by atoms with E-state index in [1.165, 1.54) is 11.5 Å². The highest BCUT2D eigenvalue weighted by Crippen LogP contribution is 2.38. The van der Waals surface area contributed by atoms with Crippen molar-refractivity contribution in [1.29, 1.82) is 0 Å². The summed E-state index contributed by atoms with van der Waals surface area (Å²) in [7, 11) is -4.84. The van der Waals surface area contributed by atoms with E-state index in [0.717, 1.165) is 12.7 Å². The molecule has 3 heterocycles. The number of nitrogens with zero attached hydrogens (tertiary/aromatic N) is 4. The first kappa shape index (κ1) is 24.9. The van der Waals surface area contributed by atoms with E-state index in [2.05, 4.69) is 30.1 Å². The van der Waals surface area contributed by atoms with Crippen LogP contribution in [-0.2, 0) is 18.6 Å². The first-order valence-electron chi connectivity index (χ1n) is 9.26. The average molecular weight is 492 g/mol. The van der Waals surface area contributed by atoms with Gasteiger partial charge in [-0.25, -0.2) is 29.1 Å². The van der Waals surface area contributed by atoms with Crippen LogP contribution in [0.5, 0.6) is 0 Å². The molecule has 1 saturated heterocycles. The van der Waals surface area contributed by atoms with Gasteiger partial charge < -0.3 is 40.3 Å². The van der Waals surface area contributed by atoms with Crippen LogP contribution in [0, 0.1) is 0 Å². The second kappa shape index (κ2) is 9.62. The Hall–Kier alpha value is -2.76. The first-order valence-corrected chi connectivity index (χ1v) is 10.8. The summed E-state index contributed by atoms with van der Waals surface area (Å²) in [6.07, 6.45) is -4.86. The van der Waals surface area contributed by atoms with Crippen molar-refractivity contribution in [3.05, 3.63) is 12.7 Å². The van der Waals surface area contributed by atoms with Crippen LogP contribution in [0.2, 0.25) is 0 Å². The van der Waals surface area contributed by atoms with Gasteiger partial charge in [-0.15, -0.1) is 0 Å². The number of ether oxygens (including phenoxy) is 1. The Balaban J connectivity index is 1.79. The number of carboxylic acids is 1. The molecule has 2 aromatic rings. The van der Waals surface area contributed by atoms with Crippen molar-refractivity contribution in [2.45, 2.75) is 43.6 Å². The third-order valence-electron chi connectivity index (χ3n) is 4.64. The SMILES string of the molecule is CC(O)[C@H](NC(=O)Nc1ncnc2c1ncn2[C@@H]1O[C@H](COP(=O)(O)O)[C@@H](O)[C@H]1O)C(=O)O. The summed E-state index contributed by atoms with van der Waals surface area (Å²) >= 11 is 0. The molecule has 1 unspecified atom stereocenters. The van der Waals surface area contributed by atoms with Gasteiger partial charge in [-0.3, -0.25) is 14.4 Å². The molecule has 1 aliphatic heterocycles. The topological polar surface area (TPSA) is 259 Å². The van der Waals surface area contributed by atoms with Crippen LogP contribution in [0.25, 0.3) is 11.2 Å². The van der Waals surface area contributed by atoms with Crippen LogP contribution in [0.3, 0.4) is 0 Å². The zero-order valence-corrected chi connectivity index (χ0v) is 17.7. The van der Waals surface area contributed by atoms with E-state index >= 15 is 0 Å². The lowest BCUT2D eigenvalue weighted by atomic mass is 10.1. The van der Waals surface area contributed by atoms with E-state index in [4.69, 9.17) is 19.6 Å². The zero-order chi connectivity index (χ0) is 24.5. The molecule has 0 aromatic carbocycles. The van der Waals surface area contributed by atoms with Gasteiger partial charge in [0.15, 0.2) is 29.3 Å². The molecule has 1 fully saturated rings. The summed E-state index contributed by atoms with van der Waals surface area (Å²) in [6.45, 7) is 0.477. The smallest absolute Gasteiger partial charge is 0.469 e. The van der Waals surface area contributed by atoms with Crippen LogP contribution >= 0.6 is 7.82 Å². The third-order valence-corrected chi connectivity index (χ3v) is 5.13. The molecule has 33 heavy (non-hydrogen) atoms. The van der Waals surface area contributed by atoms with E-state index < -0.39 is 63.1 Å². The van der Waals surface area contributed by atoms with E-state index in [9.17, 15) is 29.5 Å². The summed E-state index contributed by atoms with van der Waals surface area (Å²) in [4.78, 5) is 52.8. The van der Waals surface area contributed by atoms with Gasteiger partial charge in [0.1, 0.15) is 24.6 Å². The fraction of sp³-hybridized carbons (Fsp3) is 0.533. The van der Waals surface area contributed by atoms with Crippen LogP contribution in [0.4, 0.5) is 10.6 Å². The Morgan fingerprint density at radius 3 is 2.58 bits per heavy atom. The molecule has 0 radical (unpaired) electrons. The van der Waals surface area contributed by atoms with Crippen molar-refractivity contribution in [2.75, 3.05) is 11.9 Å². The zero-order valence-electron chi connectivity index (χ0n) is 16.8. The van der Waals surface area contributed by atoms with E-state index in [1.54, 1.807) is 0 Å². The molecular weight excluding hydrogens is 471 g/mol. The van der Waals surface area contributed by atoms with Gasteiger partial charge in [0.05, 0.1) is 19.0 Å². The summed E-state index contributed by atoms with van der Waals surface area (Å²) in [5, 5.41) is 43.3. The van der Waals surface area contributed by atoms with Gasteiger partial charge in [0, 0.05) is 0 Å². The second-order valence-electron chi connectivity index (χ2n) is 7.03. The van der Waals surface area contributed by atoms with Crippen LogP contribution in [0.15, 0.2) is 12.7 Å². The highest BCUT2D eigenvalue weighted by molar-refractivity contribution is 7.46. The molecule has 3 rings (SSSR count). The van der Waals surface area contributed by atoms with Crippen molar-refractivity contribution in [1.82, 2.24) is 24.8 Å². The minimum absolute atomic E-state index is 0.0109. The second-order valence-corrected chi connectivity index (χ2v) is 8.27. The third kappa shape index (κ3) is 5.60. The molecule has 18 heteroatoms. The first-order chi connectivity index (χ1) is 15.4. The number of urea groups is 1. The summed E-state index contributed by atoms with van der Waals surface area (Å²) in [6, 6.07) is -2.59. The Bertz CT molecular complexity index is 1070. The number of imidazole rings is 1. The number of aliphatic carboxylic acids is 1. The predicted molar refractivity (Wildman–Crippen MR) is 105 cm³/mol. The molecule has 182 valence electrons. The lowest BCUT2D eigenvalue weighted by molar-refractivity contribution is -0.141. The molecule has 2 amide bonds. The number of phosphoric ester groups is 1. The van der Waals surface area contributed by atoms with Crippen LogP contribution < -0.4 is 10.6 Å². The molecule has 1 aliphatic rings. The number of hydrogen-bond acceptors (Lipinski definition) is 11. The Labute approximate surface area is 184 Å². The molecule has 17 nitrogen and oxygen atoms in total. The number of fused-ring (bicyclic) bond motifs is 1. The van der Waals surface area contributed by atoms with Gasteiger partial charge in [0.2, 0.25) is 0 Å². The fourth-order valence-corrected chi connectivity index (χ4v) is 3.41. The standard InChI is InChI=1S/C15H21N6O11P/c1-5(22)7(14(25)26)19-15(27)20-11-8-12(17-3-16-11)21(4-18-8)13-10(24)9(23)6(32-13)2-31-33(28,29)30/h3-7,9-10,13,22-24H,2H2,1H3,(H,25,26)(H2,28,29,30)(H2,16,17,19,20,27)/t5?,6-,7+,9-,10-,13-/m1/s1. The summed E-state index contributed by atoms with van der Waals surface area (Å²) in [5.74, 6) is -1.60. The van der Waals surface area contributed by atoms with Gasteiger partial charge in [-0.05, 0) is 6.92 Å². The van der Waals surface area contributed by atoms with E-state index in [0.29, 0.717) is 0 Å². The lowest BCUT2D eigenvalue weighted by Crippen LogP contribution is -2.49. The molecule has 0 spiro atoms. The maximum Gasteiger partial charge on any atom is 0.469 e. The van der Waals surface area contributed by atoms with Crippen molar-refractivity contribution in [3.63, 3.8) is 0 Å². The molecule has 8 N–H and O–H groups in total. The number of nitrogens with one attached hydrogen (secondary N) is 2. The van der Waals surface area contributed by atoms with E-state index in [1.807, 2.05) is 0 Å². The minimum atomic E-state index is -4.84. The monoisotopic (exact) mass is 492 g/mol. The number of aromatic nitrogens is 4. The normalized spacial score (nSPS) is 25.0. The number of carbonyl (C=O) groups is 2. The number of carboxylic acid groups (broad SMARTS) is 1. The van der Waals surface area contributed by atoms with E-state index in [-0.39, 0.29) is 17.0 Å². The summed E-state index contributed by atoms with van der Waals surface area (Å²) in [5.41, 5.74) is 0.0511. The molecule has 0 saturated carbocycles. The molecule has 6 atom stereocenters. The summed E-state index contributed by atoms with van der Waals surface area (Å²) < 4.78 is 21.9. The lowest BCUT2D eigenvalue weighted by Gasteiger charge is -2.17.